The maximum absolute atomic E-state index is 13.0. The van der Waals surface area contributed by atoms with Crippen molar-refractivity contribution in [3.05, 3.63) is 35.8 Å². The fourth-order valence-corrected chi connectivity index (χ4v) is 5.23. The number of benzene rings is 1. The smallest absolute Gasteiger partial charge is 0.243 e. The van der Waals surface area contributed by atoms with Gasteiger partial charge >= 0.3 is 0 Å². The highest BCUT2D eigenvalue weighted by molar-refractivity contribution is 7.89. The molecule has 1 aromatic heterocycles. The summed E-state index contributed by atoms with van der Waals surface area (Å²) in [6.45, 7) is 3.70. The molecule has 0 amide bonds. The Labute approximate surface area is 164 Å². The van der Waals surface area contributed by atoms with E-state index in [0.717, 1.165) is 25.0 Å². The second-order valence-corrected chi connectivity index (χ2v) is 9.13. The molecule has 0 radical (unpaired) electrons. The molecule has 28 heavy (non-hydrogen) atoms. The molecule has 0 unspecified atom stereocenters. The lowest BCUT2D eigenvalue weighted by Crippen LogP contribution is -2.39. The van der Waals surface area contributed by atoms with Gasteiger partial charge in [-0.2, -0.15) is 4.31 Å². The lowest BCUT2D eigenvalue weighted by molar-refractivity contribution is 0.171. The number of hydrogen-bond acceptors (Lipinski definition) is 7. The molecule has 9 heteroatoms. The second-order valence-electron chi connectivity index (χ2n) is 7.19. The molecule has 0 atom stereocenters. The van der Waals surface area contributed by atoms with Gasteiger partial charge in [-0.25, -0.2) is 18.4 Å². The molecule has 0 bridgehead atoms. The maximum atomic E-state index is 13.0. The van der Waals surface area contributed by atoms with Crippen molar-refractivity contribution in [3.63, 3.8) is 0 Å². The summed E-state index contributed by atoms with van der Waals surface area (Å²) in [5.41, 5.74) is 6.71. The molecular weight excluding hydrogens is 380 g/mol. The third-order valence-corrected chi connectivity index (χ3v) is 7.03. The number of fused-ring (bicyclic) bond motifs is 1. The molecule has 3 heterocycles. The van der Waals surface area contributed by atoms with Crippen LogP contribution in [0.15, 0.2) is 29.2 Å². The van der Waals surface area contributed by atoms with Gasteiger partial charge in [-0.3, -0.25) is 0 Å². The summed E-state index contributed by atoms with van der Waals surface area (Å²) in [5.74, 6) is 2.58. The summed E-state index contributed by atoms with van der Waals surface area (Å²) in [5, 5.41) is 0. The molecule has 0 aliphatic carbocycles. The lowest BCUT2D eigenvalue weighted by Gasteiger charge is -2.31. The Morgan fingerprint density at radius 1 is 1.11 bits per heavy atom. The first-order valence-electron chi connectivity index (χ1n) is 9.41. The van der Waals surface area contributed by atoms with Crippen molar-refractivity contribution >= 4 is 15.8 Å². The zero-order chi connectivity index (χ0) is 19.7. The van der Waals surface area contributed by atoms with Crippen LogP contribution < -0.4 is 15.2 Å². The van der Waals surface area contributed by atoms with Gasteiger partial charge in [0.15, 0.2) is 11.5 Å². The number of nitrogens with two attached hydrogens (primary N) is 1. The molecule has 0 spiro atoms. The maximum Gasteiger partial charge on any atom is 0.243 e. The molecule has 0 saturated carbocycles. The third kappa shape index (κ3) is 3.90. The van der Waals surface area contributed by atoms with Crippen LogP contribution >= 0.6 is 0 Å². The van der Waals surface area contributed by atoms with Crippen LogP contribution in [0.4, 0.5) is 5.82 Å². The average molecular weight is 404 g/mol. The van der Waals surface area contributed by atoms with Crippen LogP contribution in [0.5, 0.6) is 11.5 Å². The van der Waals surface area contributed by atoms with E-state index >= 15 is 0 Å². The van der Waals surface area contributed by atoms with Crippen LogP contribution in [-0.2, 0) is 16.4 Å². The van der Waals surface area contributed by atoms with Crippen LogP contribution in [-0.4, -0.2) is 49.0 Å². The molecule has 2 aliphatic rings. The van der Waals surface area contributed by atoms with Gasteiger partial charge in [0.25, 0.3) is 0 Å². The number of aromatic nitrogens is 2. The predicted octanol–water partition coefficient (Wildman–Crippen LogP) is 1.78. The normalized spacial score (nSPS) is 18.2. The molecule has 150 valence electrons. The van der Waals surface area contributed by atoms with E-state index in [-0.39, 0.29) is 4.90 Å². The number of hydrogen-bond donors (Lipinski definition) is 1. The Morgan fingerprint density at radius 3 is 2.54 bits per heavy atom. The molecule has 8 nitrogen and oxygen atoms in total. The SMILES string of the molecule is Cc1nc(N)cc(CC2CCN(S(=O)(=O)c3ccc4c(c3)OCCO4)CC2)n1. The van der Waals surface area contributed by atoms with Gasteiger partial charge in [-0.1, -0.05) is 0 Å². The van der Waals surface area contributed by atoms with Crippen LogP contribution in [0.2, 0.25) is 0 Å². The largest absolute Gasteiger partial charge is 0.486 e. The Hall–Kier alpha value is -2.39. The molecule has 1 fully saturated rings. The third-order valence-electron chi connectivity index (χ3n) is 5.13. The van der Waals surface area contributed by atoms with E-state index in [4.69, 9.17) is 15.2 Å². The minimum Gasteiger partial charge on any atom is -0.486 e. The Kier molecular flexibility index (Phi) is 5.11. The number of piperidine rings is 1. The van der Waals surface area contributed by atoms with Crippen molar-refractivity contribution in [2.24, 2.45) is 5.92 Å². The minimum absolute atomic E-state index is 0.245. The summed E-state index contributed by atoms with van der Waals surface area (Å²) in [4.78, 5) is 8.78. The molecular formula is C19H24N4O4S. The fraction of sp³-hybridized carbons (Fsp3) is 0.474. The monoisotopic (exact) mass is 404 g/mol. The Morgan fingerprint density at radius 2 is 1.82 bits per heavy atom. The lowest BCUT2D eigenvalue weighted by atomic mass is 9.93. The molecule has 2 N–H and O–H groups in total. The van der Waals surface area contributed by atoms with E-state index in [2.05, 4.69) is 9.97 Å². The number of aryl methyl sites for hydroxylation is 1. The first kappa shape index (κ1) is 18.9. The molecule has 1 aromatic carbocycles. The van der Waals surface area contributed by atoms with Gasteiger partial charge in [0, 0.05) is 30.9 Å². The van der Waals surface area contributed by atoms with E-state index in [9.17, 15) is 8.42 Å². The number of rotatable bonds is 4. The Balaban J connectivity index is 1.42. The fourth-order valence-electron chi connectivity index (χ4n) is 3.74. The summed E-state index contributed by atoms with van der Waals surface area (Å²) in [6, 6.07) is 6.60. The highest BCUT2D eigenvalue weighted by Crippen LogP contribution is 2.34. The molecule has 2 aromatic rings. The van der Waals surface area contributed by atoms with Crippen molar-refractivity contribution in [2.45, 2.75) is 31.1 Å². The van der Waals surface area contributed by atoms with E-state index in [0.29, 0.717) is 55.4 Å². The van der Waals surface area contributed by atoms with Crippen LogP contribution in [0.25, 0.3) is 0 Å². The van der Waals surface area contributed by atoms with Gasteiger partial charge in [-0.05, 0) is 44.2 Å². The van der Waals surface area contributed by atoms with E-state index in [1.165, 1.54) is 0 Å². The van der Waals surface area contributed by atoms with Crippen molar-refractivity contribution < 1.29 is 17.9 Å². The van der Waals surface area contributed by atoms with Gasteiger partial charge in [0.05, 0.1) is 4.90 Å². The van der Waals surface area contributed by atoms with Crippen LogP contribution in [0.1, 0.15) is 24.4 Å². The first-order chi connectivity index (χ1) is 13.4. The summed E-state index contributed by atoms with van der Waals surface area (Å²) in [6.07, 6.45) is 2.35. The standard InChI is InChI=1S/C19H24N4O4S/c1-13-21-15(11-19(20)22-13)10-14-4-6-23(7-5-14)28(24,25)16-2-3-17-18(12-16)27-9-8-26-17/h2-3,11-12,14H,4-10H2,1H3,(H2,20,21,22). The average Bonchev–Trinajstić information content (AvgIpc) is 2.67. The highest BCUT2D eigenvalue weighted by atomic mass is 32.2. The van der Waals surface area contributed by atoms with E-state index < -0.39 is 10.0 Å². The minimum atomic E-state index is -3.55. The van der Waals surface area contributed by atoms with Crippen LogP contribution in [0, 0.1) is 12.8 Å². The molecule has 2 aliphatic heterocycles. The number of nitrogens with zero attached hydrogens (tertiary/aromatic N) is 3. The number of sulfonamides is 1. The van der Waals surface area contributed by atoms with Gasteiger partial charge in [-0.15, -0.1) is 0 Å². The summed E-state index contributed by atoms with van der Waals surface area (Å²) >= 11 is 0. The van der Waals surface area contributed by atoms with Gasteiger partial charge in [0.2, 0.25) is 10.0 Å². The summed E-state index contributed by atoms with van der Waals surface area (Å²) < 4.78 is 38.6. The van der Waals surface area contributed by atoms with Crippen LogP contribution in [0.3, 0.4) is 0 Å². The molecule has 1 saturated heterocycles. The van der Waals surface area contributed by atoms with Gasteiger partial charge < -0.3 is 15.2 Å². The topological polar surface area (TPSA) is 108 Å². The van der Waals surface area contributed by atoms with Crippen molar-refractivity contribution in [2.75, 3.05) is 32.0 Å². The van der Waals surface area contributed by atoms with Crippen molar-refractivity contribution in [1.29, 1.82) is 0 Å². The van der Waals surface area contributed by atoms with Crippen molar-refractivity contribution in [1.82, 2.24) is 14.3 Å². The second kappa shape index (κ2) is 7.56. The van der Waals surface area contributed by atoms with Gasteiger partial charge in [0.1, 0.15) is 24.9 Å². The quantitative estimate of drug-likeness (QED) is 0.827. The zero-order valence-corrected chi connectivity index (χ0v) is 16.6. The number of nitrogen functional groups attached to an aromatic ring is 1. The summed E-state index contributed by atoms with van der Waals surface area (Å²) in [7, 11) is -3.55. The number of ether oxygens (including phenoxy) is 2. The number of anilines is 1. The highest BCUT2D eigenvalue weighted by Gasteiger charge is 2.30. The van der Waals surface area contributed by atoms with E-state index in [1.54, 1.807) is 28.6 Å². The Bertz CT molecular complexity index is 952. The molecule has 4 rings (SSSR count). The van der Waals surface area contributed by atoms with Crippen molar-refractivity contribution in [3.8, 4) is 11.5 Å². The van der Waals surface area contributed by atoms with E-state index in [1.807, 2.05) is 6.92 Å². The zero-order valence-electron chi connectivity index (χ0n) is 15.8. The predicted molar refractivity (Wildman–Crippen MR) is 104 cm³/mol. The first-order valence-corrected chi connectivity index (χ1v) is 10.9.